The molecule has 0 spiro atoms. The van der Waals surface area contributed by atoms with Crippen LogP contribution in [0.4, 0.5) is 0 Å². The number of aliphatic imine (C=N–C) groups is 1. The van der Waals surface area contributed by atoms with E-state index in [-0.39, 0.29) is 0 Å². The predicted octanol–water partition coefficient (Wildman–Crippen LogP) is 1.64. The third kappa shape index (κ3) is 13.4. The quantitative estimate of drug-likeness (QED) is 0.341. The number of ether oxygens (including phenoxy) is 2. The summed E-state index contributed by atoms with van der Waals surface area (Å²) in [6.07, 6.45) is 3.74. The summed E-state index contributed by atoms with van der Waals surface area (Å²) in [7, 11) is 3.46. The number of hydrogen-bond acceptors (Lipinski definition) is 3. The highest BCUT2D eigenvalue weighted by Crippen LogP contribution is 2.04. The van der Waals surface area contributed by atoms with Crippen LogP contribution in [0.5, 0.6) is 0 Å². The molecule has 0 heterocycles. The van der Waals surface area contributed by atoms with E-state index < -0.39 is 0 Å². The lowest BCUT2D eigenvalue weighted by Crippen LogP contribution is -2.39. The summed E-state index contributed by atoms with van der Waals surface area (Å²) in [5.41, 5.74) is 0. The summed E-state index contributed by atoms with van der Waals surface area (Å²) < 4.78 is 10.3. The first-order valence-electron chi connectivity index (χ1n) is 7.22. The summed E-state index contributed by atoms with van der Waals surface area (Å²) in [6, 6.07) is 0. The van der Waals surface area contributed by atoms with Gasteiger partial charge >= 0.3 is 0 Å². The van der Waals surface area contributed by atoms with E-state index in [1.807, 2.05) is 0 Å². The van der Waals surface area contributed by atoms with E-state index in [1.165, 1.54) is 19.3 Å². The first-order chi connectivity index (χ1) is 9.20. The Morgan fingerprint density at radius 2 is 1.79 bits per heavy atom. The summed E-state index contributed by atoms with van der Waals surface area (Å²) in [6.45, 7) is 8.20. The maximum atomic E-state index is 5.37. The fraction of sp³-hybridized carbons (Fsp3) is 0.929. The van der Waals surface area contributed by atoms with E-state index >= 15 is 0 Å². The maximum Gasteiger partial charge on any atom is 0.191 e. The Hall–Kier alpha value is -0.810. The molecule has 19 heavy (non-hydrogen) atoms. The lowest BCUT2D eigenvalue weighted by Gasteiger charge is -2.12. The molecular weight excluding hydrogens is 242 g/mol. The van der Waals surface area contributed by atoms with E-state index in [2.05, 4.69) is 29.5 Å². The van der Waals surface area contributed by atoms with Crippen molar-refractivity contribution in [2.75, 3.05) is 47.1 Å². The molecule has 5 nitrogen and oxygen atoms in total. The van der Waals surface area contributed by atoms with Crippen LogP contribution >= 0.6 is 0 Å². The molecule has 0 rings (SSSR count). The molecule has 2 N–H and O–H groups in total. The molecule has 0 aliphatic heterocycles. The van der Waals surface area contributed by atoms with Gasteiger partial charge in [-0.1, -0.05) is 26.7 Å². The lowest BCUT2D eigenvalue weighted by molar-refractivity contribution is 0.0733. The van der Waals surface area contributed by atoms with Crippen molar-refractivity contribution < 1.29 is 9.47 Å². The van der Waals surface area contributed by atoms with Crippen molar-refractivity contribution in [2.45, 2.75) is 33.1 Å². The summed E-state index contributed by atoms with van der Waals surface area (Å²) in [5.74, 6) is 1.64. The van der Waals surface area contributed by atoms with Gasteiger partial charge in [0, 0.05) is 27.2 Å². The normalized spacial score (nSPS) is 11.9. The molecule has 0 radical (unpaired) electrons. The molecule has 0 atom stereocenters. The van der Waals surface area contributed by atoms with Crippen LogP contribution in [0.3, 0.4) is 0 Å². The largest absolute Gasteiger partial charge is 0.382 e. The Labute approximate surface area is 118 Å². The molecule has 0 fully saturated rings. The fourth-order valence-corrected chi connectivity index (χ4v) is 1.59. The first-order valence-corrected chi connectivity index (χ1v) is 7.22. The Morgan fingerprint density at radius 3 is 2.42 bits per heavy atom. The molecule has 114 valence electrons. The van der Waals surface area contributed by atoms with Gasteiger partial charge in [-0.05, 0) is 12.3 Å². The van der Waals surface area contributed by atoms with Crippen molar-refractivity contribution in [3.05, 3.63) is 0 Å². The SMILES string of the molecule is CN=C(NCCCCC(C)C)NCCOCCOC. The van der Waals surface area contributed by atoms with Gasteiger partial charge in [0.1, 0.15) is 0 Å². The van der Waals surface area contributed by atoms with Gasteiger partial charge < -0.3 is 20.1 Å². The van der Waals surface area contributed by atoms with E-state index in [9.17, 15) is 0 Å². The minimum atomic E-state index is 0.638. The summed E-state index contributed by atoms with van der Waals surface area (Å²) in [4.78, 5) is 4.17. The van der Waals surface area contributed by atoms with Crippen molar-refractivity contribution >= 4 is 5.96 Å². The highest BCUT2D eigenvalue weighted by Gasteiger charge is 1.97. The minimum Gasteiger partial charge on any atom is -0.382 e. The van der Waals surface area contributed by atoms with E-state index in [1.54, 1.807) is 14.2 Å². The van der Waals surface area contributed by atoms with Crippen LogP contribution in [-0.4, -0.2) is 53.0 Å². The monoisotopic (exact) mass is 273 g/mol. The van der Waals surface area contributed by atoms with Gasteiger partial charge in [-0.25, -0.2) is 0 Å². The molecule has 5 heteroatoms. The zero-order valence-corrected chi connectivity index (χ0v) is 13.0. The standard InChI is InChI=1S/C14H31N3O2/c1-13(2)7-5-6-8-16-14(15-3)17-9-10-19-12-11-18-4/h13H,5-12H2,1-4H3,(H2,15,16,17). The predicted molar refractivity (Wildman–Crippen MR) is 80.7 cm³/mol. The maximum absolute atomic E-state index is 5.37. The van der Waals surface area contributed by atoms with Crippen LogP contribution < -0.4 is 10.6 Å². The van der Waals surface area contributed by atoms with Crippen molar-refractivity contribution in [1.82, 2.24) is 10.6 Å². The third-order valence-corrected chi connectivity index (χ3v) is 2.69. The van der Waals surface area contributed by atoms with E-state index in [0.717, 1.165) is 25.0 Å². The van der Waals surface area contributed by atoms with Crippen LogP contribution in [0.25, 0.3) is 0 Å². The van der Waals surface area contributed by atoms with Crippen molar-refractivity contribution in [3.8, 4) is 0 Å². The number of nitrogens with one attached hydrogen (secondary N) is 2. The molecule has 0 aliphatic rings. The average Bonchev–Trinajstić information content (AvgIpc) is 2.39. The van der Waals surface area contributed by atoms with Crippen LogP contribution in [0, 0.1) is 5.92 Å². The van der Waals surface area contributed by atoms with Gasteiger partial charge in [0.05, 0.1) is 19.8 Å². The van der Waals surface area contributed by atoms with Crippen LogP contribution in [0.1, 0.15) is 33.1 Å². The summed E-state index contributed by atoms with van der Waals surface area (Å²) in [5, 5.41) is 6.52. The molecule has 0 unspecified atom stereocenters. The minimum absolute atomic E-state index is 0.638. The average molecular weight is 273 g/mol. The zero-order chi connectivity index (χ0) is 14.3. The van der Waals surface area contributed by atoms with Gasteiger partial charge in [-0.2, -0.15) is 0 Å². The Balaban J connectivity index is 3.41. The van der Waals surface area contributed by atoms with Gasteiger partial charge in [0.2, 0.25) is 0 Å². The van der Waals surface area contributed by atoms with E-state index in [0.29, 0.717) is 19.8 Å². The molecular formula is C14H31N3O2. The Morgan fingerprint density at radius 1 is 1.05 bits per heavy atom. The van der Waals surface area contributed by atoms with Crippen molar-refractivity contribution in [2.24, 2.45) is 10.9 Å². The molecule has 0 aromatic rings. The number of unbranched alkanes of at least 4 members (excludes halogenated alkanes) is 1. The molecule has 0 aliphatic carbocycles. The first kappa shape index (κ1) is 18.2. The number of nitrogens with zero attached hydrogens (tertiary/aromatic N) is 1. The van der Waals surface area contributed by atoms with Gasteiger partial charge in [0.25, 0.3) is 0 Å². The number of guanidine groups is 1. The lowest BCUT2D eigenvalue weighted by atomic mass is 10.1. The van der Waals surface area contributed by atoms with Gasteiger partial charge in [0.15, 0.2) is 5.96 Å². The molecule has 0 amide bonds. The van der Waals surface area contributed by atoms with Crippen LogP contribution in [0.15, 0.2) is 4.99 Å². The van der Waals surface area contributed by atoms with Crippen LogP contribution in [0.2, 0.25) is 0 Å². The Kier molecular flexibility index (Phi) is 13.0. The van der Waals surface area contributed by atoms with Gasteiger partial charge in [-0.3, -0.25) is 4.99 Å². The fourth-order valence-electron chi connectivity index (χ4n) is 1.59. The third-order valence-electron chi connectivity index (χ3n) is 2.69. The van der Waals surface area contributed by atoms with Crippen LogP contribution in [-0.2, 0) is 9.47 Å². The van der Waals surface area contributed by atoms with E-state index in [4.69, 9.17) is 9.47 Å². The second-order valence-corrected chi connectivity index (χ2v) is 4.92. The second kappa shape index (κ2) is 13.6. The highest BCUT2D eigenvalue weighted by molar-refractivity contribution is 5.79. The molecule has 0 saturated heterocycles. The van der Waals surface area contributed by atoms with Crippen molar-refractivity contribution in [1.29, 1.82) is 0 Å². The highest BCUT2D eigenvalue weighted by atomic mass is 16.5. The molecule has 0 bridgehead atoms. The Bertz CT molecular complexity index is 221. The van der Waals surface area contributed by atoms with Crippen molar-refractivity contribution in [3.63, 3.8) is 0 Å². The number of methoxy groups -OCH3 is 1. The number of hydrogen-bond donors (Lipinski definition) is 2. The smallest absolute Gasteiger partial charge is 0.191 e. The molecule has 0 aromatic heterocycles. The second-order valence-electron chi connectivity index (χ2n) is 4.92. The summed E-state index contributed by atoms with van der Waals surface area (Å²) >= 11 is 0. The van der Waals surface area contributed by atoms with Gasteiger partial charge in [-0.15, -0.1) is 0 Å². The topological polar surface area (TPSA) is 54.9 Å². The molecule has 0 saturated carbocycles. The molecule has 0 aromatic carbocycles. The zero-order valence-electron chi connectivity index (χ0n) is 13.0. The number of rotatable bonds is 11.